The number of rotatable bonds is 3. The first-order valence-electron chi connectivity index (χ1n) is 10.4. The number of fused-ring (bicyclic) bond motifs is 1. The number of aromatic nitrogens is 2. The van der Waals surface area contributed by atoms with Crippen molar-refractivity contribution in [2.75, 3.05) is 11.5 Å². The average Bonchev–Trinajstić information content (AvgIpc) is 3.25. The molecule has 1 fully saturated rings. The third-order valence-electron chi connectivity index (χ3n) is 6.21. The number of para-hydroxylation sites is 1. The van der Waals surface area contributed by atoms with Gasteiger partial charge in [-0.05, 0) is 38.0 Å². The van der Waals surface area contributed by atoms with E-state index < -0.39 is 9.84 Å². The van der Waals surface area contributed by atoms with E-state index in [1.165, 1.54) is 0 Å². The van der Waals surface area contributed by atoms with Crippen LogP contribution in [0.2, 0.25) is 5.02 Å². The van der Waals surface area contributed by atoms with Crippen LogP contribution in [-0.2, 0) is 9.84 Å². The molecule has 2 aromatic heterocycles. The van der Waals surface area contributed by atoms with E-state index in [0.29, 0.717) is 11.4 Å². The van der Waals surface area contributed by atoms with Crippen molar-refractivity contribution in [1.82, 2.24) is 9.55 Å². The molecule has 1 saturated heterocycles. The summed E-state index contributed by atoms with van der Waals surface area (Å²) in [6.45, 7) is 4.05. The number of hydrogen-bond acceptors (Lipinski definition) is 3. The molecule has 0 spiro atoms. The van der Waals surface area contributed by atoms with Crippen LogP contribution in [0.15, 0.2) is 60.7 Å². The number of pyridine rings is 1. The second-order valence-electron chi connectivity index (χ2n) is 8.24. The van der Waals surface area contributed by atoms with Gasteiger partial charge >= 0.3 is 0 Å². The lowest BCUT2D eigenvalue weighted by Crippen LogP contribution is -2.13. The van der Waals surface area contributed by atoms with Gasteiger partial charge in [-0.1, -0.05) is 60.1 Å². The van der Waals surface area contributed by atoms with Crippen LogP contribution in [0.1, 0.15) is 23.9 Å². The molecule has 2 aromatic carbocycles. The van der Waals surface area contributed by atoms with E-state index in [1.807, 2.05) is 56.3 Å². The van der Waals surface area contributed by atoms with Crippen LogP contribution in [0, 0.1) is 13.8 Å². The lowest BCUT2D eigenvalue weighted by molar-refractivity contribution is 0.536. The predicted molar refractivity (Wildman–Crippen MR) is 127 cm³/mol. The van der Waals surface area contributed by atoms with Crippen LogP contribution in [0.4, 0.5) is 0 Å². The molecule has 0 radical (unpaired) electrons. The van der Waals surface area contributed by atoms with Gasteiger partial charge in [-0.2, -0.15) is 0 Å². The number of sulfone groups is 1. The number of benzene rings is 2. The van der Waals surface area contributed by atoms with E-state index in [2.05, 4.69) is 22.8 Å². The fourth-order valence-corrected chi connectivity index (χ4v) is 6.87. The molecular weight excluding hydrogens is 428 g/mol. The summed E-state index contributed by atoms with van der Waals surface area (Å²) >= 11 is 7.03. The molecule has 0 unspecified atom stereocenters. The maximum atomic E-state index is 12.1. The smallest absolute Gasteiger partial charge is 0.152 e. The highest BCUT2D eigenvalue weighted by Gasteiger charge is 2.31. The highest BCUT2D eigenvalue weighted by atomic mass is 35.5. The summed E-state index contributed by atoms with van der Waals surface area (Å²) in [5.41, 5.74) is 6.62. The van der Waals surface area contributed by atoms with E-state index in [1.54, 1.807) is 0 Å². The minimum atomic E-state index is -2.97. The molecule has 0 amide bonds. The molecule has 0 bridgehead atoms. The molecule has 158 valence electrons. The van der Waals surface area contributed by atoms with Gasteiger partial charge in [0.05, 0.1) is 27.7 Å². The Kier molecular flexibility index (Phi) is 4.91. The molecule has 1 atom stereocenters. The van der Waals surface area contributed by atoms with Crippen LogP contribution in [0.25, 0.3) is 33.3 Å². The van der Waals surface area contributed by atoms with Crippen molar-refractivity contribution in [1.29, 1.82) is 0 Å². The average molecular weight is 451 g/mol. The first-order valence-corrected chi connectivity index (χ1v) is 12.6. The Balaban J connectivity index is 1.74. The summed E-state index contributed by atoms with van der Waals surface area (Å²) < 4.78 is 26.3. The Bertz CT molecular complexity index is 1410. The fraction of sp³-hybridized carbons (Fsp3) is 0.240. The summed E-state index contributed by atoms with van der Waals surface area (Å²) in [6, 6.07) is 20.2. The largest absolute Gasteiger partial charge is 0.344 e. The van der Waals surface area contributed by atoms with Gasteiger partial charge in [-0.25, -0.2) is 13.4 Å². The van der Waals surface area contributed by atoms with Crippen LogP contribution in [0.3, 0.4) is 0 Å². The minimum Gasteiger partial charge on any atom is -0.344 e. The summed E-state index contributed by atoms with van der Waals surface area (Å²) in [5.74, 6) is 0.439. The van der Waals surface area contributed by atoms with Gasteiger partial charge in [-0.3, -0.25) is 0 Å². The maximum Gasteiger partial charge on any atom is 0.152 e. The lowest BCUT2D eigenvalue weighted by Gasteiger charge is -2.17. The van der Waals surface area contributed by atoms with Crippen molar-refractivity contribution in [2.24, 2.45) is 0 Å². The molecule has 31 heavy (non-hydrogen) atoms. The van der Waals surface area contributed by atoms with Crippen molar-refractivity contribution in [2.45, 2.75) is 26.3 Å². The third-order valence-corrected chi connectivity index (χ3v) is 8.33. The topological polar surface area (TPSA) is 52.0 Å². The molecule has 0 N–H and O–H groups in total. The molecule has 0 aliphatic carbocycles. The Morgan fingerprint density at radius 1 is 1.03 bits per heavy atom. The van der Waals surface area contributed by atoms with Gasteiger partial charge in [0.2, 0.25) is 0 Å². The zero-order valence-corrected chi connectivity index (χ0v) is 19.0. The number of aryl methyl sites for hydroxylation is 1. The van der Waals surface area contributed by atoms with Crippen molar-refractivity contribution < 1.29 is 8.42 Å². The summed E-state index contributed by atoms with van der Waals surface area (Å²) in [7, 11) is -2.97. The molecule has 0 saturated carbocycles. The second kappa shape index (κ2) is 7.50. The highest BCUT2D eigenvalue weighted by Crippen LogP contribution is 2.42. The Hall–Kier alpha value is -2.63. The van der Waals surface area contributed by atoms with Crippen LogP contribution < -0.4 is 0 Å². The first-order chi connectivity index (χ1) is 14.9. The molecule has 4 aromatic rings. The quantitative estimate of drug-likeness (QED) is 0.384. The van der Waals surface area contributed by atoms with Gasteiger partial charge in [-0.15, -0.1) is 0 Å². The predicted octanol–water partition coefficient (Wildman–Crippen LogP) is 6.00. The van der Waals surface area contributed by atoms with Crippen molar-refractivity contribution in [3.05, 3.63) is 77.1 Å². The number of halogens is 1. The monoisotopic (exact) mass is 450 g/mol. The highest BCUT2D eigenvalue weighted by molar-refractivity contribution is 7.91. The lowest BCUT2D eigenvalue weighted by atomic mass is 9.98. The first kappa shape index (κ1) is 20.3. The van der Waals surface area contributed by atoms with Crippen molar-refractivity contribution >= 4 is 32.3 Å². The summed E-state index contributed by atoms with van der Waals surface area (Å²) in [5, 5.41) is 1.63. The number of hydrogen-bond donors (Lipinski definition) is 0. The normalized spacial score (nSPS) is 18.0. The molecule has 1 aliphatic rings. The van der Waals surface area contributed by atoms with E-state index in [9.17, 15) is 8.42 Å². The zero-order chi connectivity index (χ0) is 21.8. The Morgan fingerprint density at radius 3 is 2.45 bits per heavy atom. The zero-order valence-electron chi connectivity index (χ0n) is 17.5. The van der Waals surface area contributed by atoms with Crippen LogP contribution in [-0.4, -0.2) is 29.5 Å². The van der Waals surface area contributed by atoms with Crippen molar-refractivity contribution in [3.8, 4) is 22.4 Å². The molecule has 3 heterocycles. The van der Waals surface area contributed by atoms with Crippen LogP contribution >= 0.6 is 11.6 Å². The maximum absolute atomic E-state index is 12.1. The molecular formula is C25H23ClN2O2S. The number of nitrogens with zero attached hydrogens (tertiary/aromatic N) is 2. The van der Waals surface area contributed by atoms with E-state index >= 15 is 0 Å². The van der Waals surface area contributed by atoms with Gasteiger partial charge in [0.1, 0.15) is 0 Å². The molecule has 5 rings (SSSR count). The second-order valence-corrected chi connectivity index (χ2v) is 10.9. The standard InChI is InChI=1S/C25H23ClN2O2S/c1-16-14-21(17(2)28(16)19-12-13-31(29,30)15-19)25-24(26)23(18-8-4-3-5-9-18)20-10-6-7-11-22(20)27-25/h3-11,14,19H,12-13,15H2,1-2H3/t19-/m0/s1. The molecule has 6 heteroatoms. The van der Waals surface area contributed by atoms with Gasteiger partial charge in [0, 0.05) is 33.9 Å². The van der Waals surface area contributed by atoms with Gasteiger partial charge < -0.3 is 4.57 Å². The van der Waals surface area contributed by atoms with Crippen molar-refractivity contribution in [3.63, 3.8) is 0 Å². The minimum absolute atomic E-state index is 0.0356. The Morgan fingerprint density at radius 2 is 1.74 bits per heavy atom. The molecule has 4 nitrogen and oxygen atoms in total. The van der Waals surface area contributed by atoms with E-state index in [-0.39, 0.29) is 17.5 Å². The van der Waals surface area contributed by atoms with Crippen LogP contribution in [0.5, 0.6) is 0 Å². The summed E-state index contributed by atoms with van der Waals surface area (Å²) in [4.78, 5) is 4.94. The molecule has 1 aliphatic heterocycles. The Labute approximate surface area is 187 Å². The SMILES string of the molecule is Cc1cc(-c2nc3ccccc3c(-c3ccccc3)c2Cl)c(C)n1[C@H]1CCS(=O)(=O)C1. The van der Waals surface area contributed by atoms with Gasteiger partial charge in [0.15, 0.2) is 9.84 Å². The van der Waals surface area contributed by atoms with Gasteiger partial charge in [0.25, 0.3) is 0 Å². The summed E-state index contributed by atoms with van der Waals surface area (Å²) in [6.07, 6.45) is 0.645. The fourth-order valence-electron chi connectivity index (χ4n) is 4.81. The van der Waals surface area contributed by atoms with E-state index in [4.69, 9.17) is 16.6 Å². The van der Waals surface area contributed by atoms with E-state index in [0.717, 1.165) is 44.7 Å². The third kappa shape index (κ3) is 3.46.